The number of amides is 3. The molecule has 1 aromatic carbocycles. The second kappa shape index (κ2) is 7.90. The molecular formula is C18H23N5O3. The maximum absolute atomic E-state index is 12.4. The van der Waals surface area contributed by atoms with Crippen LogP contribution in [0.5, 0.6) is 5.75 Å². The number of carbonyl (C=O) groups excluding carboxylic acids is 2. The first kappa shape index (κ1) is 17.8. The first-order valence-electron chi connectivity index (χ1n) is 8.49. The summed E-state index contributed by atoms with van der Waals surface area (Å²) < 4.78 is 7.24. The minimum Gasteiger partial charge on any atom is -0.495 e. The van der Waals surface area contributed by atoms with E-state index in [-0.39, 0.29) is 24.4 Å². The van der Waals surface area contributed by atoms with Crippen molar-refractivity contribution in [2.24, 2.45) is 0 Å². The Labute approximate surface area is 152 Å². The van der Waals surface area contributed by atoms with Gasteiger partial charge in [-0.2, -0.15) is 0 Å². The van der Waals surface area contributed by atoms with Crippen LogP contribution >= 0.6 is 0 Å². The number of benzene rings is 1. The Morgan fingerprint density at radius 3 is 2.96 bits per heavy atom. The number of nitrogens with zero attached hydrogens (tertiary/aromatic N) is 4. The van der Waals surface area contributed by atoms with Crippen molar-refractivity contribution in [3.8, 4) is 5.75 Å². The lowest BCUT2D eigenvalue weighted by molar-refractivity contribution is -0.117. The van der Waals surface area contributed by atoms with E-state index in [1.165, 1.54) is 0 Å². The molecule has 0 radical (unpaired) electrons. The zero-order chi connectivity index (χ0) is 18.5. The topological polar surface area (TPSA) is 79.7 Å². The summed E-state index contributed by atoms with van der Waals surface area (Å²) in [4.78, 5) is 32.0. The van der Waals surface area contributed by atoms with Crippen LogP contribution in [-0.4, -0.2) is 59.7 Å². The molecule has 8 heteroatoms. The third-order valence-corrected chi connectivity index (χ3v) is 4.43. The number of anilines is 1. The van der Waals surface area contributed by atoms with Crippen LogP contribution in [-0.2, 0) is 11.3 Å². The van der Waals surface area contributed by atoms with Gasteiger partial charge in [-0.25, -0.2) is 9.78 Å². The van der Waals surface area contributed by atoms with Crippen molar-refractivity contribution in [3.05, 3.63) is 43.0 Å². The first-order valence-corrected chi connectivity index (χ1v) is 8.49. The number of hydrogen-bond acceptors (Lipinski definition) is 4. The Hall–Kier alpha value is -3.03. The normalized spacial score (nSPS) is 16.6. The van der Waals surface area contributed by atoms with Gasteiger partial charge in [0.25, 0.3) is 0 Å². The van der Waals surface area contributed by atoms with E-state index in [2.05, 4.69) is 10.3 Å². The van der Waals surface area contributed by atoms with Crippen molar-refractivity contribution in [3.63, 3.8) is 0 Å². The maximum Gasteiger partial charge on any atom is 0.317 e. The largest absolute Gasteiger partial charge is 0.495 e. The van der Waals surface area contributed by atoms with Crippen LogP contribution in [0.15, 0.2) is 43.0 Å². The predicted octanol–water partition coefficient (Wildman–Crippen LogP) is 1.34. The summed E-state index contributed by atoms with van der Waals surface area (Å²) in [7, 11) is 3.31. The van der Waals surface area contributed by atoms with E-state index in [1.807, 2.05) is 35.0 Å². The maximum atomic E-state index is 12.4. The Kier molecular flexibility index (Phi) is 5.40. The van der Waals surface area contributed by atoms with Crippen molar-refractivity contribution in [1.82, 2.24) is 19.8 Å². The molecule has 8 nitrogen and oxygen atoms in total. The molecule has 2 heterocycles. The molecule has 1 aromatic heterocycles. The number of ether oxygens (including phenoxy) is 1. The summed E-state index contributed by atoms with van der Waals surface area (Å²) in [6.45, 7) is 1.65. The Balaban J connectivity index is 1.56. The Morgan fingerprint density at radius 1 is 1.42 bits per heavy atom. The molecule has 1 N–H and O–H groups in total. The molecule has 1 unspecified atom stereocenters. The van der Waals surface area contributed by atoms with Gasteiger partial charge in [-0.15, -0.1) is 0 Å². The molecule has 1 atom stereocenters. The quantitative estimate of drug-likeness (QED) is 0.846. The third-order valence-electron chi connectivity index (χ3n) is 4.43. The smallest absolute Gasteiger partial charge is 0.317 e. The summed E-state index contributed by atoms with van der Waals surface area (Å²) in [6.07, 6.45) is 5.55. The molecule has 2 aromatic rings. The number of imidazole rings is 1. The molecule has 0 aliphatic carbocycles. The average Bonchev–Trinajstić information content (AvgIpc) is 3.29. The van der Waals surface area contributed by atoms with Gasteiger partial charge >= 0.3 is 6.03 Å². The van der Waals surface area contributed by atoms with Gasteiger partial charge in [0.1, 0.15) is 5.75 Å². The molecule has 138 valence electrons. The molecule has 0 spiro atoms. The minimum absolute atomic E-state index is 0.0270. The number of para-hydroxylation sites is 2. The number of carbonyl (C=O) groups is 2. The van der Waals surface area contributed by atoms with Crippen LogP contribution in [0.1, 0.15) is 6.42 Å². The number of urea groups is 1. The fourth-order valence-electron chi connectivity index (χ4n) is 2.96. The molecular weight excluding hydrogens is 334 g/mol. The highest BCUT2D eigenvalue weighted by atomic mass is 16.5. The highest BCUT2D eigenvalue weighted by Crippen LogP contribution is 2.30. The van der Waals surface area contributed by atoms with Crippen molar-refractivity contribution in [1.29, 1.82) is 0 Å². The van der Waals surface area contributed by atoms with E-state index in [0.29, 0.717) is 25.4 Å². The molecule has 0 saturated carbocycles. The van der Waals surface area contributed by atoms with Crippen LogP contribution in [0.25, 0.3) is 0 Å². The Morgan fingerprint density at radius 2 is 2.23 bits per heavy atom. The molecule has 3 rings (SSSR count). The monoisotopic (exact) mass is 357 g/mol. The molecule has 1 aliphatic heterocycles. The summed E-state index contributed by atoms with van der Waals surface area (Å²) >= 11 is 0. The van der Waals surface area contributed by atoms with Crippen molar-refractivity contribution in [2.75, 3.05) is 32.1 Å². The number of aromatic nitrogens is 2. The van der Waals surface area contributed by atoms with Gasteiger partial charge in [0.05, 0.1) is 25.2 Å². The number of nitrogens with one attached hydrogen (secondary N) is 1. The van der Waals surface area contributed by atoms with Gasteiger partial charge in [-0.1, -0.05) is 12.1 Å². The van der Waals surface area contributed by atoms with Gasteiger partial charge in [0, 0.05) is 45.5 Å². The van der Waals surface area contributed by atoms with Crippen LogP contribution in [0.3, 0.4) is 0 Å². The zero-order valence-electron chi connectivity index (χ0n) is 15.0. The Bertz CT molecular complexity index is 762. The molecule has 3 amide bonds. The van der Waals surface area contributed by atoms with E-state index >= 15 is 0 Å². The predicted molar refractivity (Wildman–Crippen MR) is 97.1 cm³/mol. The second-order valence-electron chi connectivity index (χ2n) is 6.25. The number of likely N-dealkylation sites (N-methyl/N-ethyl adjacent to an activating group) is 1. The molecule has 1 saturated heterocycles. The summed E-state index contributed by atoms with van der Waals surface area (Å²) in [5.74, 6) is 0.617. The van der Waals surface area contributed by atoms with Gasteiger partial charge in [-0.3, -0.25) is 4.79 Å². The van der Waals surface area contributed by atoms with E-state index in [9.17, 15) is 9.59 Å². The lowest BCUT2D eigenvalue weighted by Gasteiger charge is -2.22. The first-order chi connectivity index (χ1) is 12.6. The van der Waals surface area contributed by atoms with Gasteiger partial charge in [0.15, 0.2) is 0 Å². The fraction of sp³-hybridized carbons (Fsp3) is 0.389. The second-order valence-corrected chi connectivity index (χ2v) is 6.25. The van der Waals surface area contributed by atoms with Crippen molar-refractivity contribution >= 4 is 17.6 Å². The number of rotatable bonds is 6. The molecule has 0 bridgehead atoms. The van der Waals surface area contributed by atoms with Gasteiger partial charge in [0.2, 0.25) is 5.91 Å². The van der Waals surface area contributed by atoms with Crippen LogP contribution in [0.4, 0.5) is 10.5 Å². The van der Waals surface area contributed by atoms with Crippen LogP contribution in [0, 0.1) is 0 Å². The molecule has 26 heavy (non-hydrogen) atoms. The number of hydrogen-bond donors (Lipinski definition) is 1. The van der Waals surface area contributed by atoms with E-state index < -0.39 is 0 Å². The lowest BCUT2D eigenvalue weighted by atomic mass is 10.2. The highest BCUT2D eigenvalue weighted by molar-refractivity contribution is 5.98. The van der Waals surface area contributed by atoms with E-state index in [0.717, 1.165) is 5.69 Å². The standard InChI is InChI=1S/C18H23N5O3/c1-21(9-10-22-8-7-19-13-22)18(25)20-14-11-17(24)23(12-14)15-5-3-4-6-16(15)26-2/h3-8,13-14H,9-12H2,1-2H3,(H,20,25). The average molecular weight is 357 g/mol. The van der Waals surface area contributed by atoms with Crippen molar-refractivity contribution < 1.29 is 14.3 Å². The molecule has 1 fully saturated rings. The zero-order valence-corrected chi connectivity index (χ0v) is 15.0. The van der Waals surface area contributed by atoms with Crippen LogP contribution in [0.2, 0.25) is 0 Å². The van der Waals surface area contributed by atoms with Gasteiger partial charge in [-0.05, 0) is 12.1 Å². The summed E-state index contributed by atoms with van der Waals surface area (Å²) in [6, 6.07) is 6.97. The lowest BCUT2D eigenvalue weighted by Crippen LogP contribution is -2.45. The van der Waals surface area contributed by atoms with Crippen molar-refractivity contribution in [2.45, 2.75) is 19.0 Å². The van der Waals surface area contributed by atoms with Gasteiger partial charge < -0.3 is 24.4 Å². The third kappa shape index (κ3) is 3.96. The highest BCUT2D eigenvalue weighted by Gasteiger charge is 2.33. The minimum atomic E-state index is -0.226. The number of methoxy groups -OCH3 is 1. The molecule has 1 aliphatic rings. The fourth-order valence-corrected chi connectivity index (χ4v) is 2.96. The van der Waals surface area contributed by atoms with Crippen LogP contribution < -0.4 is 15.0 Å². The van der Waals surface area contributed by atoms with E-state index in [4.69, 9.17) is 4.74 Å². The summed E-state index contributed by atoms with van der Waals surface area (Å²) in [5.41, 5.74) is 0.727. The SMILES string of the molecule is COc1ccccc1N1CC(NC(=O)N(C)CCn2ccnc2)CC1=O. The van der Waals surface area contributed by atoms with E-state index in [1.54, 1.807) is 36.5 Å². The summed E-state index contributed by atoms with van der Waals surface area (Å²) in [5, 5.41) is 2.94.